The second-order valence-corrected chi connectivity index (χ2v) is 29.5. The fraction of sp³-hybridized carbons (Fsp3) is 0.0577. The first-order chi connectivity index (χ1) is 54.5. The molecule has 21 rings (SSSR count). The number of fused-ring (bicyclic) bond motifs is 12. The van der Waals surface area contributed by atoms with Gasteiger partial charge in [0.2, 0.25) is 0 Å². The van der Waals surface area contributed by atoms with Crippen molar-refractivity contribution in [2.45, 2.75) is 30.2 Å². The highest BCUT2D eigenvalue weighted by Gasteiger charge is 2.60. The molecule has 0 N–H and O–H groups in total. The van der Waals surface area contributed by atoms with Crippen LogP contribution in [0.2, 0.25) is 0 Å². The number of nitriles is 1. The van der Waals surface area contributed by atoms with Gasteiger partial charge in [-0.3, -0.25) is 0 Å². The lowest BCUT2D eigenvalue weighted by molar-refractivity contribution is 0.0976. The van der Waals surface area contributed by atoms with Gasteiger partial charge in [-0.05, 0) is 186 Å². The predicted octanol–water partition coefficient (Wildman–Crippen LogP) is 27.2. The first-order valence-electron chi connectivity index (χ1n) is 38.0. The summed E-state index contributed by atoms with van der Waals surface area (Å²) in [7, 11) is 0. The van der Waals surface area contributed by atoms with E-state index in [1.165, 1.54) is 0 Å². The number of hydrogen-bond acceptors (Lipinski definition) is 1. The van der Waals surface area contributed by atoms with E-state index < -0.39 is 36.1 Å². The van der Waals surface area contributed by atoms with Crippen molar-refractivity contribution >= 4 is 87.2 Å². The van der Waals surface area contributed by atoms with E-state index in [-0.39, 0.29) is 0 Å². The lowest BCUT2D eigenvalue weighted by atomic mass is 9.71. The van der Waals surface area contributed by atoms with Crippen molar-refractivity contribution in [2.24, 2.45) is 5.92 Å². The number of rotatable bonds is 12. The second kappa shape index (κ2) is 26.3. The van der Waals surface area contributed by atoms with Gasteiger partial charge in [0.25, 0.3) is 6.04 Å². The Bertz CT molecular complexity index is 5820. The van der Waals surface area contributed by atoms with E-state index in [4.69, 9.17) is 4.85 Å². The highest BCUT2D eigenvalue weighted by molar-refractivity contribution is 6.15. The summed E-state index contributed by atoms with van der Waals surface area (Å²) in [5.41, 5.74) is 25.5. The van der Waals surface area contributed by atoms with Crippen molar-refractivity contribution in [2.75, 3.05) is 0 Å². The zero-order chi connectivity index (χ0) is 72.9. The zero-order valence-corrected chi connectivity index (χ0v) is 60.1. The molecule has 0 saturated heterocycles. The summed E-state index contributed by atoms with van der Waals surface area (Å²) in [6.45, 7) is 10.8. The van der Waals surface area contributed by atoms with Gasteiger partial charge in [-0.25, -0.2) is 6.57 Å². The van der Waals surface area contributed by atoms with E-state index in [0.29, 0.717) is 0 Å². The smallest absolute Gasteiger partial charge is 0.268 e. The molecule has 1 aliphatic rings. The molecule has 516 valence electrons. The van der Waals surface area contributed by atoms with Crippen molar-refractivity contribution in [3.05, 3.63) is 400 Å². The summed E-state index contributed by atoms with van der Waals surface area (Å²) in [4.78, 5) is 5.41. The molecule has 0 bridgehead atoms. The van der Waals surface area contributed by atoms with Gasteiger partial charge in [-0.1, -0.05) is 291 Å². The Kier molecular flexibility index (Phi) is 15.3. The van der Waals surface area contributed by atoms with E-state index in [1.54, 1.807) is 0 Å². The van der Waals surface area contributed by atoms with Crippen LogP contribution in [0, 0.1) is 23.8 Å². The van der Waals surface area contributed by atoms with Gasteiger partial charge in [0.15, 0.2) is 0 Å². The Labute approximate surface area is 637 Å². The molecule has 20 aromatic rings. The molecule has 4 heterocycles. The maximum Gasteiger partial charge on any atom is 0.268 e. The fourth-order valence-corrected chi connectivity index (χ4v) is 18.8. The molecule has 0 radical (unpaired) electrons. The van der Waals surface area contributed by atoms with Crippen molar-refractivity contribution in [3.63, 3.8) is 0 Å². The summed E-state index contributed by atoms with van der Waals surface area (Å²) < 4.78 is 10.2. The summed E-state index contributed by atoms with van der Waals surface area (Å²) in [5, 5.41) is 22.4. The Morgan fingerprint density at radius 2 is 0.355 bits per heavy atom. The molecule has 4 aromatic heterocycles. The molecule has 6 heteroatoms. The van der Waals surface area contributed by atoms with Crippen molar-refractivity contribution in [3.8, 4) is 95.1 Å². The molecule has 4 unspecified atom stereocenters. The Hall–Kier alpha value is -14.3. The normalized spacial score (nSPS) is 16.5. The van der Waals surface area contributed by atoms with Gasteiger partial charge in [0.1, 0.15) is 12.1 Å². The van der Waals surface area contributed by atoms with Crippen LogP contribution < -0.4 is 0 Å². The average molecular weight is 1400 g/mol. The minimum absolute atomic E-state index is 0.742. The summed E-state index contributed by atoms with van der Waals surface area (Å²) in [6.07, 6.45) is 0. The fourth-order valence-electron chi connectivity index (χ4n) is 18.8. The highest BCUT2D eigenvalue weighted by Crippen LogP contribution is 2.60. The van der Waals surface area contributed by atoms with Gasteiger partial charge >= 0.3 is 0 Å². The molecule has 0 aliphatic heterocycles. The second-order valence-electron chi connectivity index (χ2n) is 29.5. The third-order valence-corrected chi connectivity index (χ3v) is 23.7. The third-order valence-electron chi connectivity index (χ3n) is 23.7. The van der Waals surface area contributed by atoms with E-state index in [9.17, 15) is 11.8 Å². The highest BCUT2D eigenvalue weighted by atomic mass is 15.2. The summed E-state index contributed by atoms with van der Waals surface area (Å²) in [5.74, 6) is -0.884. The minimum atomic E-state index is -0.906. The van der Waals surface area contributed by atoms with E-state index in [0.717, 1.165) is 176 Å². The quantitative estimate of drug-likeness (QED) is 0.112. The van der Waals surface area contributed by atoms with Crippen molar-refractivity contribution in [1.82, 2.24) is 18.3 Å². The van der Waals surface area contributed by atoms with Crippen LogP contribution in [-0.4, -0.2) is 24.3 Å². The van der Waals surface area contributed by atoms with Crippen LogP contribution in [0.5, 0.6) is 0 Å². The number of aromatic nitrogens is 4. The van der Waals surface area contributed by atoms with Crippen molar-refractivity contribution < 1.29 is 0 Å². The molecule has 0 spiro atoms. The van der Waals surface area contributed by atoms with Gasteiger partial charge in [0.05, 0.1) is 24.1 Å². The number of benzene rings is 16. The average Bonchev–Trinajstić information content (AvgIpc) is 1.48. The topological polar surface area (TPSA) is 47.9 Å². The van der Waals surface area contributed by atoms with Gasteiger partial charge in [-0.2, -0.15) is 5.26 Å². The molecule has 6 nitrogen and oxygen atoms in total. The van der Waals surface area contributed by atoms with Crippen LogP contribution in [0.25, 0.3) is 181 Å². The molecule has 0 amide bonds. The van der Waals surface area contributed by atoms with Crippen LogP contribution in [-0.2, 0) is 0 Å². The molecule has 1 fully saturated rings. The molecule has 4 atom stereocenters. The number of hydrogen-bond donors (Lipinski definition) is 0. The van der Waals surface area contributed by atoms with Gasteiger partial charge in [0, 0.05) is 87.2 Å². The molecular formula is C104H70N6. The molecule has 110 heavy (non-hydrogen) atoms. The largest absolute Gasteiger partial charge is 0.333 e. The van der Waals surface area contributed by atoms with Gasteiger partial charge in [-0.15, -0.1) is 0 Å². The first-order valence-corrected chi connectivity index (χ1v) is 38.0. The van der Waals surface area contributed by atoms with Crippen LogP contribution in [0.15, 0.2) is 388 Å². The summed E-state index contributed by atoms with van der Waals surface area (Å²) >= 11 is 0. The Morgan fingerprint density at radius 3 is 0.500 bits per heavy atom. The Morgan fingerprint density at radius 1 is 0.200 bits per heavy atom. The van der Waals surface area contributed by atoms with E-state index in [1.807, 2.05) is 0 Å². The molecule has 16 aromatic carbocycles. The third kappa shape index (κ3) is 10.4. The Balaban J connectivity index is 0.933. The monoisotopic (exact) mass is 1400 g/mol. The zero-order valence-electron chi connectivity index (χ0n) is 60.1. The van der Waals surface area contributed by atoms with Crippen LogP contribution in [0.4, 0.5) is 0 Å². The minimum Gasteiger partial charge on any atom is -0.333 e. The lowest BCUT2D eigenvalue weighted by Crippen LogP contribution is -2.50. The molecular weight excluding hydrogens is 1330 g/mol. The maximum absolute atomic E-state index is 13.8. The van der Waals surface area contributed by atoms with Crippen LogP contribution >= 0.6 is 0 Å². The first kappa shape index (κ1) is 64.1. The van der Waals surface area contributed by atoms with Crippen molar-refractivity contribution in [1.29, 1.82) is 5.26 Å². The van der Waals surface area contributed by atoms with Crippen LogP contribution in [0.3, 0.4) is 0 Å². The number of nitrogens with zero attached hydrogens (tertiary/aromatic N) is 6. The molecule has 1 saturated carbocycles. The molecule has 1 aliphatic carbocycles. The van der Waals surface area contributed by atoms with Crippen LogP contribution in [0.1, 0.15) is 24.2 Å². The predicted molar refractivity (Wildman–Crippen MR) is 457 cm³/mol. The standard InChI is InChI=1S/C104H70N6/c1-106-100-103(109-96-54-46-79(71-34-18-6-19-35-71)62-87(96)88-63-80(47-55-97(88)109)72-36-20-7-21-37-72)101(107-92-50-42-75(67-26-10-2-11-27-67)58-83(92)84-59-76(43-51-93(84)107)68-28-12-3-13-29-68)91(66-105)102(108-94-52-44-77(69-30-14-4-15-31-69)60-85(94)86-61-78(45-53-95(86)108)70-32-16-5-17-33-70)104(100)110-98-56-48-81(73-38-22-8-23-39-73)64-89(98)90-65-82(49-57-99(90)110)74-40-24-9-25-41-74/h2-65,91,100-104H. The van der Waals surface area contributed by atoms with E-state index >= 15 is 0 Å². The maximum atomic E-state index is 13.8. The lowest BCUT2D eigenvalue weighted by Gasteiger charge is -2.48. The van der Waals surface area contributed by atoms with E-state index in [2.05, 4.69) is 413 Å². The summed E-state index contributed by atoms with van der Waals surface area (Å²) in [6, 6.07) is 140. The SMILES string of the molecule is [C-]#[N+]C1C(n2c3ccc(-c4ccccc4)cc3c3cc(-c4ccccc4)ccc32)C(n2c3ccc(-c4ccccc4)cc3c3cc(-c4ccccc4)ccc32)C(C#N)C(n2c3ccc(-c4ccccc4)cc3c3cc(-c4ccccc4)ccc32)C1n1c2ccc(-c3ccccc3)cc2c2cc(-c3ccccc3)ccc21. The van der Waals surface area contributed by atoms with Gasteiger partial charge < -0.3 is 23.1 Å².